The highest BCUT2D eigenvalue weighted by Crippen LogP contribution is 2.42. The molecular weight excluding hydrogens is 318 g/mol. The number of hydrogen-bond acceptors (Lipinski definition) is 2. The third-order valence-electron chi connectivity index (χ3n) is 5.27. The molecule has 0 heterocycles. The smallest absolute Gasteiger partial charge is 0.115 e. The van der Waals surface area contributed by atoms with Crippen molar-refractivity contribution in [2.75, 3.05) is 0 Å². The zero-order chi connectivity index (χ0) is 18.1. The molecule has 1 N–H and O–H groups in total. The predicted octanol–water partition coefficient (Wildman–Crippen LogP) is 6.06. The molecule has 0 atom stereocenters. The fraction of sp³-hybridized carbons (Fsp3) is 0.208. The number of allylic oxidation sites excluding steroid dienone is 5. The molecular formula is C24H23NO. The van der Waals surface area contributed by atoms with Gasteiger partial charge in [-0.15, -0.1) is 0 Å². The number of phenols is 1. The standard InChI is InChI=1S/C24H23NO/c1-16-13-19(25-2)9-11-21(16)24-22-8-6-4-3-5-7-17(22)14-18-15-20(26)10-12-23(18)24/h6-13,15,26H,2-5,14H2,1H3/b8-6-,17-7-. The predicted molar refractivity (Wildman–Crippen MR) is 109 cm³/mol. The van der Waals surface area contributed by atoms with Gasteiger partial charge in [0.05, 0.1) is 5.69 Å². The van der Waals surface area contributed by atoms with Crippen LogP contribution >= 0.6 is 0 Å². The summed E-state index contributed by atoms with van der Waals surface area (Å²) in [6.45, 7) is 5.77. The van der Waals surface area contributed by atoms with Crippen LogP contribution in [0.4, 0.5) is 5.69 Å². The largest absolute Gasteiger partial charge is 0.508 e. The summed E-state index contributed by atoms with van der Waals surface area (Å²) < 4.78 is 0. The maximum atomic E-state index is 10.00. The molecule has 26 heavy (non-hydrogen) atoms. The maximum absolute atomic E-state index is 10.00. The lowest BCUT2D eigenvalue weighted by Gasteiger charge is -2.27. The van der Waals surface area contributed by atoms with E-state index in [1.807, 2.05) is 12.1 Å². The van der Waals surface area contributed by atoms with Crippen molar-refractivity contribution in [3.63, 3.8) is 0 Å². The minimum Gasteiger partial charge on any atom is -0.508 e. The van der Waals surface area contributed by atoms with Crippen LogP contribution in [0.5, 0.6) is 5.75 Å². The van der Waals surface area contributed by atoms with E-state index in [9.17, 15) is 5.11 Å². The summed E-state index contributed by atoms with van der Waals surface area (Å²) in [5.41, 5.74) is 9.62. The van der Waals surface area contributed by atoms with Gasteiger partial charge >= 0.3 is 0 Å². The molecule has 2 aromatic carbocycles. The number of aromatic hydroxyl groups is 1. The zero-order valence-corrected chi connectivity index (χ0v) is 15.1. The van der Waals surface area contributed by atoms with Gasteiger partial charge in [0.25, 0.3) is 0 Å². The summed E-state index contributed by atoms with van der Waals surface area (Å²) in [7, 11) is 0. The van der Waals surface area contributed by atoms with E-state index in [0.717, 1.165) is 24.9 Å². The highest BCUT2D eigenvalue weighted by Gasteiger charge is 2.24. The Hall–Kier alpha value is -2.87. The maximum Gasteiger partial charge on any atom is 0.115 e. The first-order valence-electron chi connectivity index (χ1n) is 9.17. The van der Waals surface area contributed by atoms with E-state index in [1.165, 1.54) is 45.4 Å². The molecule has 0 saturated carbocycles. The molecule has 0 amide bonds. The number of hydrogen-bond donors (Lipinski definition) is 1. The molecule has 0 aromatic heterocycles. The lowest BCUT2D eigenvalue weighted by atomic mass is 9.77. The molecule has 0 fully saturated rings. The van der Waals surface area contributed by atoms with E-state index in [1.54, 1.807) is 6.07 Å². The number of fused-ring (bicyclic) bond motifs is 2. The van der Waals surface area contributed by atoms with Crippen LogP contribution in [0.25, 0.3) is 5.57 Å². The minimum absolute atomic E-state index is 0.330. The van der Waals surface area contributed by atoms with Crippen molar-refractivity contribution in [3.05, 3.63) is 88.0 Å². The first-order chi connectivity index (χ1) is 12.7. The van der Waals surface area contributed by atoms with Crippen molar-refractivity contribution in [2.24, 2.45) is 4.99 Å². The average molecular weight is 341 g/mol. The molecule has 0 unspecified atom stereocenters. The van der Waals surface area contributed by atoms with Crippen molar-refractivity contribution in [3.8, 4) is 5.75 Å². The number of benzene rings is 2. The summed E-state index contributed by atoms with van der Waals surface area (Å²) >= 11 is 0. The second-order valence-electron chi connectivity index (χ2n) is 7.03. The Kier molecular flexibility index (Phi) is 4.34. The van der Waals surface area contributed by atoms with E-state index in [0.29, 0.717) is 5.75 Å². The van der Waals surface area contributed by atoms with E-state index in [4.69, 9.17) is 0 Å². The Bertz CT molecular complexity index is 976. The molecule has 0 saturated heterocycles. The molecule has 2 heteroatoms. The van der Waals surface area contributed by atoms with Crippen LogP contribution in [-0.2, 0) is 6.42 Å². The molecule has 2 aromatic rings. The molecule has 2 nitrogen and oxygen atoms in total. The van der Waals surface area contributed by atoms with Crippen molar-refractivity contribution in [1.29, 1.82) is 0 Å². The van der Waals surface area contributed by atoms with Gasteiger partial charge < -0.3 is 5.11 Å². The van der Waals surface area contributed by atoms with Gasteiger partial charge in [0.1, 0.15) is 5.75 Å². The quantitative estimate of drug-likeness (QED) is 0.662. The Labute approximate surface area is 154 Å². The van der Waals surface area contributed by atoms with Gasteiger partial charge in [0.15, 0.2) is 0 Å². The Morgan fingerprint density at radius 1 is 1.04 bits per heavy atom. The van der Waals surface area contributed by atoms with Gasteiger partial charge in [0, 0.05) is 0 Å². The third-order valence-corrected chi connectivity index (χ3v) is 5.27. The summed E-state index contributed by atoms with van der Waals surface area (Å²) in [6.07, 6.45) is 11.2. The topological polar surface area (TPSA) is 32.6 Å². The van der Waals surface area contributed by atoms with Gasteiger partial charge in [-0.2, -0.15) is 0 Å². The Morgan fingerprint density at radius 3 is 2.69 bits per heavy atom. The number of phenolic OH excluding ortho intramolecular Hbond substituents is 1. The van der Waals surface area contributed by atoms with Gasteiger partial charge in [-0.3, -0.25) is 4.99 Å². The van der Waals surface area contributed by atoms with Crippen molar-refractivity contribution in [1.82, 2.24) is 0 Å². The lowest BCUT2D eigenvalue weighted by molar-refractivity contribution is 0.474. The molecule has 4 rings (SSSR count). The first-order valence-corrected chi connectivity index (χ1v) is 9.17. The number of nitrogens with zero attached hydrogens (tertiary/aromatic N) is 1. The van der Waals surface area contributed by atoms with Gasteiger partial charge in [-0.05, 0) is 103 Å². The summed E-state index contributed by atoms with van der Waals surface area (Å²) in [5.74, 6) is 0.330. The Balaban J connectivity index is 2.02. The number of aryl methyl sites for hydroxylation is 1. The zero-order valence-electron chi connectivity index (χ0n) is 15.1. The summed E-state index contributed by atoms with van der Waals surface area (Å²) in [5, 5.41) is 10.00. The highest BCUT2D eigenvalue weighted by atomic mass is 16.3. The molecule has 130 valence electrons. The fourth-order valence-corrected chi connectivity index (χ4v) is 3.98. The fourth-order valence-electron chi connectivity index (χ4n) is 3.98. The number of rotatable bonds is 2. The van der Waals surface area contributed by atoms with Gasteiger partial charge in [0.2, 0.25) is 0 Å². The van der Waals surface area contributed by atoms with Crippen LogP contribution < -0.4 is 0 Å². The second kappa shape index (κ2) is 6.80. The van der Waals surface area contributed by atoms with Crippen LogP contribution in [0.1, 0.15) is 41.5 Å². The highest BCUT2D eigenvalue weighted by molar-refractivity contribution is 5.91. The first kappa shape index (κ1) is 16.6. The van der Waals surface area contributed by atoms with Crippen LogP contribution in [0.2, 0.25) is 0 Å². The molecule has 0 spiro atoms. The third kappa shape index (κ3) is 2.92. The van der Waals surface area contributed by atoms with Crippen LogP contribution in [0, 0.1) is 6.92 Å². The summed E-state index contributed by atoms with van der Waals surface area (Å²) in [6, 6.07) is 12.0. The number of aliphatic imine (C=N–C) groups is 1. The van der Waals surface area contributed by atoms with E-state index in [-0.39, 0.29) is 0 Å². The van der Waals surface area contributed by atoms with Gasteiger partial charge in [-0.1, -0.05) is 30.4 Å². The lowest BCUT2D eigenvalue weighted by Crippen LogP contribution is -2.10. The Morgan fingerprint density at radius 2 is 1.88 bits per heavy atom. The van der Waals surface area contributed by atoms with Crippen LogP contribution in [0.3, 0.4) is 0 Å². The minimum atomic E-state index is 0.330. The monoisotopic (exact) mass is 341 g/mol. The van der Waals surface area contributed by atoms with E-state index in [2.05, 4.69) is 55.1 Å². The van der Waals surface area contributed by atoms with Gasteiger partial charge in [-0.25, -0.2) is 0 Å². The van der Waals surface area contributed by atoms with Crippen LogP contribution in [-0.4, -0.2) is 11.8 Å². The van der Waals surface area contributed by atoms with E-state index >= 15 is 0 Å². The second-order valence-corrected chi connectivity index (χ2v) is 7.03. The van der Waals surface area contributed by atoms with E-state index < -0.39 is 0 Å². The average Bonchev–Trinajstić information content (AvgIpc) is 2.61. The summed E-state index contributed by atoms with van der Waals surface area (Å²) in [4.78, 5) is 4.06. The molecule has 0 radical (unpaired) electrons. The SMILES string of the molecule is C=Nc1ccc(C2=C3/C=C\CCC/C=C\3Cc3cc(O)ccc32)c(C)c1. The van der Waals surface area contributed by atoms with Crippen molar-refractivity contribution < 1.29 is 5.11 Å². The molecule has 0 bridgehead atoms. The molecule has 2 aliphatic carbocycles. The molecule has 0 aliphatic heterocycles. The molecule has 2 aliphatic rings. The van der Waals surface area contributed by atoms with Crippen LogP contribution in [0.15, 0.2) is 70.8 Å². The van der Waals surface area contributed by atoms with Crippen molar-refractivity contribution >= 4 is 18.0 Å². The van der Waals surface area contributed by atoms with Crippen molar-refractivity contribution in [2.45, 2.75) is 32.6 Å². The normalized spacial score (nSPS) is 19.5.